The van der Waals surface area contributed by atoms with Crippen LogP contribution in [0.3, 0.4) is 0 Å². The van der Waals surface area contributed by atoms with Gasteiger partial charge in [-0.1, -0.05) is 6.07 Å². The minimum atomic E-state index is -0.916. The Morgan fingerprint density at radius 1 is 1.07 bits per heavy atom. The summed E-state index contributed by atoms with van der Waals surface area (Å²) in [7, 11) is 0. The smallest absolute Gasteiger partial charge is 0.257 e. The maximum atomic E-state index is 13.8. The minimum Gasteiger partial charge on any atom is -0.468 e. The highest BCUT2D eigenvalue weighted by molar-refractivity contribution is 5.88. The van der Waals surface area contributed by atoms with Crippen LogP contribution in [-0.4, -0.2) is 57.5 Å². The second-order valence-corrected chi connectivity index (χ2v) is 7.91. The molecule has 0 aliphatic carbocycles. The summed E-state index contributed by atoms with van der Waals surface area (Å²) < 4.78 is 11.9. The maximum Gasteiger partial charge on any atom is 0.257 e. The number of carbonyl (C=O) groups is 1. The number of nitrogens with zero attached hydrogens (tertiary/aromatic N) is 4. The van der Waals surface area contributed by atoms with Crippen LogP contribution < -0.4 is 0 Å². The lowest BCUT2D eigenvalue weighted by Gasteiger charge is -2.42. The van der Waals surface area contributed by atoms with Gasteiger partial charge < -0.3 is 14.1 Å². The van der Waals surface area contributed by atoms with Crippen LogP contribution in [0.15, 0.2) is 71.9 Å². The Bertz CT molecular complexity index is 980. The molecule has 3 aromatic heterocycles. The average Bonchev–Trinajstić information content (AvgIpc) is 3.42. The van der Waals surface area contributed by atoms with E-state index in [4.69, 9.17) is 9.15 Å². The molecule has 1 amide bonds. The molecule has 0 bridgehead atoms. The van der Waals surface area contributed by atoms with Crippen LogP contribution >= 0.6 is 0 Å². The molecule has 0 radical (unpaired) electrons. The normalized spacial score (nSPS) is 24.6. The summed E-state index contributed by atoms with van der Waals surface area (Å²) in [5.74, 6) is 0.837. The van der Waals surface area contributed by atoms with Crippen LogP contribution in [0, 0.1) is 0 Å². The van der Waals surface area contributed by atoms with Crippen molar-refractivity contribution in [3.8, 4) is 0 Å². The van der Waals surface area contributed by atoms with Gasteiger partial charge in [-0.25, -0.2) is 0 Å². The Kier molecular flexibility index (Phi) is 5.06. The third-order valence-corrected chi connectivity index (χ3v) is 6.00. The van der Waals surface area contributed by atoms with Gasteiger partial charge in [0.15, 0.2) is 5.60 Å². The molecule has 0 aromatic carbocycles. The zero-order valence-corrected chi connectivity index (χ0v) is 16.7. The first-order valence-electron chi connectivity index (χ1n) is 10.2. The molecule has 2 aliphatic heterocycles. The fraction of sp³-hybridized carbons (Fsp3) is 0.348. The first-order chi connectivity index (χ1) is 14.7. The van der Waals surface area contributed by atoms with Crippen LogP contribution in [0.2, 0.25) is 0 Å². The quantitative estimate of drug-likeness (QED) is 0.651. The molecule has 5 heterocycles. The second-order valence-electron chi connectivity index (χ2n) is 7.91. The standard InChI is InChI=1S/C23H24N4O3/c28-22-23(30-12-10-27(22)14-18-5-8-24-9-6-18)17-26(15-20-4-2-11-29-20)16-21(23)19-3-1-7-25-13-19/h1-9,11,13,21H,10,12,14-17H2/t21-,23-/m1/s1. The van der Waals surface area contributed by atoms with Crippen molar-refractivity contribution in [1.82, 2.24) is 19.8 Å². The van der Waals surface area contributed by atoms with Gasteiger partial charge in [0, 0.05) is 56.9 Å². The topological polar surface area (TPSA) is 71.7 Å². The highest BCUT2D eigenvalue weighted by Gasteiger charge is 2.57. The molecular formula is C23H24N4O3. The summed E-state index contributed by atoms with van der Waals surface area (Å²) in [6.07, 6.45) is 8.80. The van der Waals surface area contributed by atoms with E-state index in [1.165, 1.54) is 0 Å². The third kappa shape index (κ3) is 3.51. The number of carbonyl (C=O) groups excluding carboxylic acids is 1. The number of likely N-dealkylation sites (tertiary alicyclic amines) is 1. The summed E-state index contributed by atoms with van der Waals surface area (Å²) >= 11 is 0. The number of amides is 1. The number of pyridine rings is 2. The minimum absolute atomic E-state index is 0.0429. The number of hydrogen-bond acceptors (Lipinski definition) is 6. The number of hydrogen-bond donors (Lipinski definition) is 0. The van der Waals surface area contributed by atoms with E-state index in [0.29, 0.717) is 39.3 Å². The van der Waals surface area contributed by atoms with Gasteiger partial charge in [-0.05, 0) is 41.5 Å². The van der Waals surface area contributed by atoms with E-state index in [0.717, 1.165) is 16.9 Å². The van der Waals surface area contributed by atoms with Crippen molar-refractivity contribution in [3.63, 3.8) is 0 Å². The number of ether oxygens (including phenoxy) is 1. The van der Waals surface area contributed by atoms with Crippen LogP contribution in [0.25, 0.3) is 0 Å². The highest BCUT2D eigenvalue weighted by atomic mass is 16.5. The predicted octanol–water partition coefficient (Wildman–Crippen LogP) is 2.47. The molecule has 2 atom stereocenters. The number of furan rings is 1. The molecule has 0 unspecified atom stereocenters. The lowest BCUT2D eigenvalue weighted by molar-refractivity contribution is -0.173. The molecule has 1 spiro atoms. The van der Waals surface area contributed by atoms with Gasteiger partial charge in [-0.2, -0.15) is 0 Å². The first-order valence-corrected chi connectivity index (χ1v) is 10.2. The summed E-state index contributed by atoms with van der Waals surface area (Å²) in [6, 6.07) is 11.7. The van der Waals surface area contributed by atoms with Crippen molar-refractivity contribution in [2.75, 3.05) is 26.2 Å². The average molecular weight is 404 g/mol. The fourth-order valence-corrected chi connectivity index (χ4v) is 4.60. The molecule has 3 aromatic rings. The van der Waals surface area contributed by atoms with Gasteiger partial charge in [0.25, 0.3) is 5.91 Å². The second kappa shape index (κ2) is 8.01. The fourth-order valence-electron chi connectivity index (χ4n) is 4.60. The van der Waals surface area contributed by atoms with Gasteiger partial charge in [0.1, 0.15) is 5.76 Å². The van der Waals surface area contributed by atoms with Gasteiger partial charge in [0.05, 0.1) is 19.4 Å². The summed E-state index contributed by atoms with van der Waals surface area (Å²) in [5, 5.41) is 0. The Balaban J connectivity index is 1.45. The molecular weight excluding hydrogens is 380 g/mol. The van der Waals surface area contributed by atoms with E-state index in [9.17, 15) is 4.79 Å². The van der Waals surface area contributed by atoms with Crippen molar-refractivity contribution >= 4 is 5.91 Å². The van der Waals surface area contributed by atoms with Crippen LogP contribution in [0.4, 0.5) is 0 Å². The Hall–Kier alpha value is -3.03. The number of morpholine rings is 1. The van der Waals surface area contributed by atoms with Crippen LogP contribution in [-0.2, 0) is 22.6 Å². The van der Waals surface area contributed by atoms with Crippen molar-refractivity contribution in [2.24, 2.45) is 0 Å². The zero-order chi connectivity index (χ0) is 20.4. The van der Waals surface area contributed by atoms with E-state index in [1.807, 2.05) is 47.5 Å². The molecule has 0 saturated carbocycles. The van der Waals surface area contributed by atoms with E-state index < -0.39 is 5.60 Å². The Morgan fingerprint density at radius 3 is 2.73 bits per heavy atom. The molecule has 154 valence electrons. The lowest BCUT2D eigenvalue weighted by Crippen LogP contribution is -2.59. The van der Waals surface area contributed by atoms with Crippen molar-refractivity contribution in [3.05, 3.63) is 84.3 Å². The van der Waals surface area contributed by atoms with Gasteiger partial charge in [-0.15, -0.1) is 0 Å². The first kappa shape index (κ1) is 19.0. The summed E-state index contributed by atoms with van der Waals surface area (Å²) in [4.78, 5) is 26.3. The van der Waals surface area contributed by atoms with E-state index in [-0.39, 0.29) is 11.8 Å². The lowest BCUT2D eigenvalue weighted by atomic mass is 9.83. The molecule has 7 heteroatoms. The van der Waals surface area contributed by atoms with Crippen molar-refractivity contribution < 1.29 is 13.9 Å². The highest BCUT2D eigenvalue weighted by Crippen LogP contribution is 2.42. The molecule has 2 saturated heterocycles. The SMILES string of the molecule is O=C1N(Cc2ccncc2)CCO[C@@]12CN(Cc1ccco1)C[C@@H]2c1cccnc1. The predicted molar refractivity (Wildman–Crippen MR) is 109 cm³/mol. The Labute approximate surface area is 175 Å². The zero-order valence-electron chi connectivity index (χ0n) is 16.7. The maximum absolute atomic E-state index is 13.8. The Morgan fingerprint density at radius 2 is 1.97 bits per heavy atom. The van der Waals surface area contributed by atoms with Crippen LogP contribution in [0.1, 0.15) is 22.8 Å². The van der Waals surface area contributed by atoms with E-state index in [2.05, 4.69) is 14.9 Å². The summed E-state index contributed by atoms with van der Waals surface area (Å²) in [6.45, 7) is 3.54. The molecule has 7 nitrogen and oxygen atoms in total. The largest absolute Gasteiger partial charge is 0.468 e. The van der Waals surface area contributed by atoms with E-state index in [1.54, 1.807) is 24.9 Å². The molecule has 2 fully saturated rings. The van der Waals surface area contributed by atoms with Crippen LogP contribution in [0.5, 0.6) is 0 Å². The van der Waals surface area contributed by atoms with Crippen molar-refractivity contribution in [1.29, 1.82) is 0 Å². The number of aromatic nitrogens is 2. The number of rotatable bonds is 5. The molecule has 0 N–H and O–H groups in total. The third-order valence-electron chi connectivity index (χ3n) is 6.00. The molecule has 5 rings (SSSR count). The van der Waals surface area contributed by atoms with Gasteiger partial charge in [0.2, 0.25) is 0 Å². The monoisotopic (exact) mass is 404 g/mol. The van der Waals surface area contributed by atoms with Crippen molar-refractivity contribution in [2.45, 2.75) is 24.6 Å². The molecule has 2 aliphatic rings. The van der Waals surface area contributed by atoms with E-state index >= 15 is 0 Å². The molecule has 30 heavy (non-hydrogen) atoms. The summed E-state index contributed by atoms with van der Waals surface area (Å²) in [5.41, 5.74) is 1.18. The van der Waals surface area contributed by atoms with Gasteiger partial charge in [-0.3, -0.25) is 19.7 Å². The van der Waals surface area contributed by atoms with Gasteiger partial charge >= 0.3 is 0 Å².